The lowest BCUT2D eigenvalue weighted by atomic mass is 9.91. The summed E-state index contributed by atoms with van der Waals surface area (Å²) in [7, 11) is 0. The number of rotatable bonds is 7. The van der Waals surface area contributed by atoms with Crippen LogP contribution in [-0.4, -0.2) is 18.8 Å². The molecule has 1 rings (SSSR count). The van der Waals surface area contributed by atoms with Gasteiger partial charge in [0.15, 0.2) is 0 Å². The fraction of sp³-hybridized carbons (Fsp3) is 0.692. The highest BCUT2D eigenvalue weighted by atomic mass is 32.1. The Morgan fingerprint density at radius 2 is 2.19 bits per heavy atom. The molecule has 2 unspecified atom stereocenters. The van der Waals surface area contributed by atoms with E-state index < -0.39 is 0 Å². The van der Waals surface area contributed by atoms with Crippen molar-refractivity contribution in [3.05, 3.63) is 22.4 Å². The van der Waals surface area contributed by atoms with Gasteiger partial charge >= 0.3 is 0 Å². The summed E-state index contributed by atoms with van der Waals surface area (Å²) in [6.45, 7) is 10.3. The van der Waals surface area contributed by atoms with E-state index in [1.54, 1.807) is 11.3 Å². The summed E-state index contributed by atoms with van der Waals surface area (Å²) in [6, 6.07) is 4.58. The molecule has 1 aromatic heterocycles. The van der Waals surface area contributed by atoms with Crippen LogP contribution in [0.2, 0.25) is 0 Å². The van der Waals surface area contributed by atoms with Crippen molar-refractivity contribution in [3.63, 3.8) is 0 Å². The second-order valence-electron chi connectivity index (χ2n) is 4.11. The van der Waals surface area contributed by atoms with Gasteiger partial charge in [-0.3, -0.25) is 0 Å². The first-order valence-corrected chi connectivity index (χ1v) is 6.96. The van der Waals surface area contributed by atoms with E-state index in [0.29, 0.717) is 6.04 Å². The number of hydrogen-bond acceptors (Lipinski definition) is 3. The van der Waals surface area contributed by atoms with E-state index in [4.69, 9.17) is 4.74 Å². The first-order valence-electron chi connectivity index (χ1n) is 6.08. The van der Waals surface area contributed by atoms with Crippen molar-refractivity contribution in [2.75, 3.05) is 13.2 Å². The molecule has 0 aliphatic rings. The minimum absolute atomic E-state index is 0.115. The molecule has 0 aliphatic heterocycles. The minimum Gasteiger partial charge on any atom is -0.374 e. The van der Waals surface area contributed by atoms with E-state index in [1.165, 1.54) is 4.88 Å². The van der Waals surface area contributed by atoms with E-state index in [9.17, 15) is 0 Å². The van der Waals surface area contributed by atoms with Crippen LogP contribution in [0.4, 0.5) is 0 Å². The van der Waals surface area contributed by atoms with Crippen LogP contribution in [0.1, 0.15) is 45.0 Å². The molecule has 1 heterocycles. The zero-order valence-corrected chi connectivity index (χ0v) is 11.6. The molecule has 0 aliphatic carbocycles. The Morgan fingerprint density at radius 3 is 2.62 bits per heavy atom. The second-order valence-corrected chi connectivity index (χ2v) is 5.08. The summed E-state index contributed by atoms with van der Waals surface area (Å²) in [5.41, 5.74) is -0.115. The number of ether oxygens (including phenoxy) is 1. The smallest absolute Gasteiger partial charge is 0.0853 e. The molecule has 3 heteroatoms. The second kappa shape index (κ2) is 6.38. The first-order chi connectivity index (χ1) is 7.68. The zero-order valence-electron chi connectivity index (χ0n) is 10.7. The summed E-state index contributed by atoms with van der Waals surface area (Å²) in [5, 5.41) is 5.67. The van der Waals surface area contributed by atoms with Gasteiger partial charge < -0.3 is 10.1 Å². The maximum absolute atomic E-state index is 5.96. The average Bonchev–Trinajstić information content (AvgIpc) is 2.79. The lowest BCUT2D eigenvalue weighted by molar-refractivity contribution is -0.0551. The standard InChI is InChI=1S/C13H23NOS/c1-5-13(4,15-7-3)12(14-6-2)11-9-8-10-16-11/h8-10,12,14H,5-7H2,1-4H3. The van der Waals surface area contributed by atoms with E-state index in [0.717, 1.165) is 19.6 Å². The summed E-state index contributed by atoms with van der Waals surface area (Å²) in [5.74, 6) is 0. The molecule has 0 radical (unpaired) electrons. The van der Waals surface area contributed by atoms with Crippen molar-refractivity contribution < 1.29 is 4.74 Å². The first kappa shape index (κ1) is 13.7. The van der Waals surface area contributed by atoms with Gasteiger partial charge in [-0.15, -0.1) is 11.3 Å². The Labute approximate surface area is 103 Å². The fourth-order valence-electron chi connectivity index (χ4n) is 2.00. The van der Waals surface area contributed by atoms with Gasteiger partial charge in [0.2, 0.25) is 0 Å². The Bertz CT molecular complexity index is 286. The maximum atomic E-state index is 5.96. The summed E-state index contributed by atoms with van der Waals surface area (Å²) in [4.78, 5) is 1.36. The molecule has 0 aromatic carbocycles. The Hall–Kier alpha value is -0.380. The predicted molar refractivity (Wildman–Crippen MR) is 71.1 cm³/mol. The van der Waals surface area contributed by atoms with Crippen molar-refractivity contribution in [3.8, 4) is 0 Å². The van der Waals surface area contributed by atoms with E-state index in [2.05, 4.69) is 50.5 Å². The van der Waals surface area contributed by atoms with Crippen LogP contribution in [-0.2, 0) is 4.74 Å². The van der Waals surface area contributed by atoms with Gasteiger partial charge in [0, 0.05) is 11.5 Å². The van der Waals surface area contributed by atoms with Gasteiger partial charge in [-0.1, -0.05) is 19.9 Å². The molecule has 0 saturated heterocycles. The van der Waals surface area contributed by atoms with E-state index >= 15 is 0 Å². The lowest BCUT2D eigenvalue weighted by Crippen LogP contribution is -2.43. The normalized spacial score (nSPS) is 17.0. The van der Waals surface area contributed by atoms with Crippen molar-refractivity contribution in [2.24, 2.45) is 0 Å². The highest BCUT2D eigenvalue weighted by Crippen LogP contribution is 2.34. The van der Waals surface area contributed by atoms with Crippen LogP contribution in [0.3, 0.4) is 0 Å². The van der Waals surface area contributed by atoms with Crippen LogP contribution < -0.4 is 5.32 Å². The number of thiophene rings is 1. The van der Waals surface area contributed by atoms with Crippen molar-refractivity contribution >= 4 is 11.3 Å². The molecule has 0 amide bonds. The molecule has 92 valence electrons. The van der Waals surface area contributed by atoms with Crippen LogP contribution in [0.5, 0.6) is 0 Å². The van der Waals surface area contributed by atoms with Gasteiger partial charge in [0.1, 0.15) is 0 Å². The molecule has 16 heavy (non-hydrogen) atoms. The minimum atomic E-state index is -0.115. The molecule has 0 bridgehead atoms. The topological polar surface area (TPSA) is 21.3 Å². The maximum Gasteiger partial charge on any atom is 0.0853 e. The third-order valence-electron chi connectivity index (χ3n) is 3.02. The predicted octanol–water partition coefficient (Wildman–Crippen LogP) is 3.60. The van der Waals surface area contributed by atoms with Crippen molar-refractivity contribution in [2.45, 2.75) is 45.8 Å². The number of likely N-dealkylation sites (N-methyl/N-ethyl adjacent to an activating group) is 1. The molecule has 1 N–H and O–H groups in total. The monoisotopic (exact) mass is 241 g/mol. The van der Waals surface area contributed by atoms with Crippen LogP contribution in [0, 0.1) is 0 Å². The molecule has 0 spiro atoms. The van der Waals surface area contributed by atoms with Gasteiger partial charge in [0.25, 0.3) is 0 Å². The van der Waals surface area contributed by atoms with Gasteiger partial charge in [-0.05, 0) is 38.3 Å². The van der Waals surface area contributed by atoms with Crippen molar-refractivity contribution in [1.29, 1.82) is 0 Å². The van der Waals surface area contributed by atoms with E-state index in [1.807, 2.05) is 0 Å². The summed E-state index contributed by atoms with van der Waals surface area (Å²) in [6.07, 6.45) is 1.01. The fourth-order valence-corrected chi connectivity index (χ4v) is 2.94. The summed E-state index contributed by atoms with van der Waals surface area (Å²) >= 11 is 1.80. The molecular formula is C13H23NOS. The quantitative estimate of drug-likeness (QED) is 0.787. The Balaban J connectivity index is 2.90. The highest BCUT2D eigenvalue weighted by Gasteiger charge is 2.34. The van der Waals surface area contributed by atoms with Crippen LogP contribution in [0.25, 0.3) is 0 Å². The lowest BCUT2D eigenvalue weighted by Gasteiger charge is -2.36. The molecular weight excluding hydrogens is 218 g/mol. The van der Waals surface area contributed by atoms with Crippen LogP contribution in [0.15, 0.2) is 17.5 Å². The number of hydrogen-bond donors (Lipinski definition) is 1. The summed E-state index contributed by atoms with van der Waals surface area (Å²) < 4.78 is 5.96. The van der Waals surface area contributed by atoms with E-state index in [-0.39, 0.29) is 5.60 Å². The number of nitrogens with one attached hydrogen (secondary N) is 1. The molecule has 0 saturated carbocycles. The third-order valence-corrected chi connectivity index (χ3v) is 3.96. The molecule has 2 nitrogen and oxygen atoms in total. The molecule has 0 fully saturated rings. The Kier molecular flexibility index (Phi) is 5.46. The van der Waals surface area contributed by atoms with Crippen molar-refractivity contribution in [1.82, 2.24) is 5.32 Å². The Morgan fingerprint density at radius 1 is 1.44 bits per heavy atom. The zero-order chi connectivity index (χ0) is 12.0. The van der Waals surface area contributed by atoms with Crippen LogP contribution >= 0.6 is 11.3 Å². The average molecular weight is 241 g/mol. The highest BCUT2D eigenvalue weighted by molar-refractivity contribution is 7.10. The van der Waals surface area contributed by atoms with Gasteiger partial charge in [-0.25, -0.2) is 0 Å². The van der Waals surface area contributed by atoms with Gasteiger partial charge in [0.05, 0.1) is 11.6 Å². The molecule has 1 aromatic rings. The largest absolute Gasteiger partial charge is 0.374 e. The molecule has 2 atom stereocenters. The third kappa shape index (κ3) is 3.06. The SMILES string of the molecule is CCNC(c1cccs1)C(C)(CC)OCC. The van der Waals surface area contributed by atoms with Gasteiger partial charge in [-0.2, -0.15) is 0 Å².